The van der Waals surface area contributed by atoms with Gasteiger partial charge >= 0.3 is 5.69 Å². The predicted octanol–water partition coefficient (Wildman–Crippen LogP) is 3.19. The van der Waals surface area contributed by atoms with Crippen LogP contribution >= 0.6 is 0 Å². The Morgan fingerprint density at radius 3 is 2.12 bits per heavy atom. The lowest BCUT2D eigenvalue weighted by atomic mass is 10.0. The normalized spacial score (nSPS) is 10.4. The van der Waals surface area contributed by atoms with Crippen LogP contribution in [0.1, 0.15) is 20.7 Å². The molecule has 0 unspecified atom stereocenters. The minimum absolute atomic E-state index is 0.117. The van der Waals surface area contributed by atoms with Gasteiger partial charge in [0.05, 0.1) is 4.92 Å². The quantitative estimate of drug-likeness (QED) is 0.242. The maximum absolute atomic E-state index is 13.0. The number of benzene rings is 3. The van der Waals surface area contributed by atoms with Crippen LogP contribution in [0.4, 0.5) is 21.7 Å². The molecule has 0 fully saturated rings. The molecule has 170 valence electrons. The van der Waals surface area contributed by atoms with Crippen LogP contribution < -0.4 is 21.7 Å². The van der Waals surface area contributed by atoms with Crippen LogP contribution in [-0.4, -0.2) is 26.7 Å². The highest BCUT2D eigenvalue weighted by Gasteiger charge is 2.24. The first kappa shape index (κ1) is 22.1. The molecular weight excluding hydrogens is 445 g/mol. The van der Waals surface area contributed by atoms with Gasteiger partial charge in [-0.05, 0) is 41.1 Å². The smallest absolute Gasteiger partial charge is 0.276 e. The largest absolute Gasteiger partial charge is 0.356 e. The van der Waals surface area contributed by atoms with Crippen molar-refractivity contribution in [2.24, 2.45) is 0 Å². The molecule has 0 atom stereocenters. The molecule has 34 heavy (non-hydrogen) atoms. The number of nitrogens with zero attached hydrogens (tertiary/aromatic N) is 3. The van der Waals surface area contributed by atoms with Crippen molar-refractivity contribution in [2.45, 2.75) is 0 Å². The first-order chi connectivity index (χ1) is 16.4. The maximum atomic E-state index is 13.0. The molecule has 0 aliphatic carbocycles. The molecule has 4 N–H and O–H groups in total. The number of halogens is 1. The molecule has 0 saturated carbocycles. The third-order valence-corrected chi connectivity index (χ3v) is 4.73. The van der Waals surface area contributed by atoms with Gasteiger partial charge in [-0.1, -0.05) is 36.4 Å². The van der Waals surface area contributed by atoms with Gasteiger partial charge in [-0.15, -0.1) is 0 Å². The molecular formula is C22H16FN7O4. The fourth-order valence-corrected chi connectivity index (χ4v) is 3.13. The number of nitrogens with one attached hydrogen (secondary N) is 4. The molecule has 0 spiro atoms. The second-order valence-corrected chi connectivity index (χ2v) is 6.87. The van der Waals surface area contributed by atoms with Gasteiger partial charge in [0.25, 0.3) is 11.8 Å². The van der Waals surface area contributed by atoms with Gasteiger partial charge in [0, 0.05) is 11.1 Å². The second kappa shape index (κ2) is 9.56. The number of nitro groups is 1. The fraction of sp³-hybridized carbons (Fsp3) is 0. The summed E-state index contributed by atoms with van der Waals surface area (Å²) in [7, 11) is 0. The number of aromatic nitrogens is 2. The van der Waals surface area contributed by atoms with E-state index < -0.39 is 28.2 Å². The molecule has 2 amide bonds. The van der Waals surface area contributed by atoms with Crippen molar-refractivity contribution in [2.75, 3.05) is 10.9 Å². The molecule has 0 bridgehead atoms. The van der Waals surface area contributed by atoms with Gasteiger partial charge in [-0.2, -0.15) is 0 Å². The monoisotopic (exact) mass is 461 g/mol. The lowest BCUT2D eigenvalue weighted by Gasteiger charge is -2.12. The number of rotatable bonds is 7. The van der Waals surface area contributed by atoms with Crippen LogP contribution in [0.2, 0.25) is 0 Å². The minimum Gasteiger partial charge on any atom is -0.276 e. The summed E-state index contributed by atoms with van der Waals surface area (Å²) in [6, 6.07) is 17.2. The average molecular weight is 461 g/mol. The van der Waals surface area contributed by atoms with E-state index in [1.54, 1.807) is 24.3 Å². The Morgan fingerprint density at radius 1 is 0.824 bits per heavy atom. The van der Waals surface area contributed by atoms with Crippen molar-refractivity contribution < 1.29 is 18.9 Å². The Labute approximate surface area is 191 Å². The van der Waals surface area contributed by atoms with Crippen LogP contribution in [0, 0.1) is 15.9 Å². The average Bonchev–Trinajstić information content (AvgIpc) is 2.85. The van der Waals surface area contributed by atoms with Crippen LogP contribution in [0.25, 0.3) is 10.8 Å². The number of hydrogen-bond donors (Lipinski definition) is 4. The SMILES string of the molecule is O=C(NNc1ncnc(NNC(=O)c2cccc3ccccc23)c1[N+](=O)[O-])c1ccc(F)cc1. The lowest BCUT2D eigenvalue weighted by molar-refractivity contribution is -0.383. The molecule has 0 aliphatic rings. The van der Waals surface area contributed by atoms with Crippen LogP contribution in [0.15, 0.2) is 73.1 Å². The summed E-state index contributed by atoms with van der Waals surface area (Å²) in [6.45, 7) is 0. The van der Waals surface area contributed by atoms with Crippen molar-refractivity contribution in [3.05, 3.63) is 100 Å². The summed E-state index contributed by atoms with van der Waals surface area (Å²) in [5.74, 6) is -2.38. The van der Waals surface area contributed by atoms with Crippen LogP contribution in [0.3, 0.4) is 0 Å². The van der Waals surface area contributed by atoms with E-state index in [1.807, 2.05) is 18.2 Å². The highest BCUT2D eigenvalue weighted by atomic mass is 19.1. The fourth-order valence-electron chi connectivity index (χ4n) is 3.13. The van der Waals surface area contributed by atoms with Crippen LogP contribution in [0.5, 0.6) is 0 Å². The standard InChI is InChI=1S/C22H16FN7O4/c23-15-10-8-14(9-11-15)21(31)28-26-19-18(30(33)34)20(25-12-24-19)27-29-22(32)17-7-3-5-13-4-1-2-6-16(13)17/h1-12H,(H,28,31)(H,29,32)(H2,24,25,26,27). The van der Waals surface area contributed by atoms with Gasteiger partial charge in [0.15, 0.2) is 0 Å². The van der Waals surface area contributed by atoms with Crippen LogP contribution in [-0.2, 0) is 0 Å². The third kappa shape index (κ3) is 4.70. The van der Waals surface area contributed by atoms with Crippen molar-refractivity contribution in [1.82, 2.24) is 20.8 Å². The Hall–Kier alpha value is -5.13. The molecule has 0 aliphatic heterocycles. The van der Waals surface area contributed by atoms with Crippen molar-refractivity contribution >= 4 is 39.9 Å². The molecule has 3 aromatic carbocycles. The molecule has 0 radical (unpaired) electrons. The molecule has 1 aromatic heterocycles. The van der Waals surface area contributed by atoms with Crippen molar-refractivity contribution in [3.63, 3.8) is 0 Å². The Kier molecular flexibility index (Phi) is 6.21. The maximum Gasteiger partial charge on any atom is 0.356 e. The number of fused-ring (bicyclic) bond motifs is 1. The van der Waals surface area contributed by atoms with Gasteiger partial charge in [-0.3, -0.25) is 41.4 Å². The number of carbonyl (C=O) groups is 2. The Morgan fingerprint density at radius 2 is 1.44 bits per heavy atom. The van der Waals surface area contributed by atoms with Gasteiger partial charge in [-0.25, -0.2) is 14.4 Å². The zero-order valence-electron chi connectivity index (χ0n) is 17.3. The summed E-state index contributed by atoms with van der Waals surface area (Å²) in [6.07, 6.45) is 1.01. The first-order valence-corrected chi connectivity index (χ1v) is 9.79. The van der Waals surface area contributed by atoms with E-state index in [9.17, 15) is 24.1 Å². The van der Waals surface area contributed by atoms with Crippen molar-refractivity contribution in [3.8, 4) is 0 Å². The third-order valence-electron chi connectivity index (χ3n) is 4.73. The molecule has 4 aromatic rings. The highest BCUT2D eigenvalue weighted by molar-refractivity contribution is 6.07. The van der Waals surface area contributed by atoms with Gasteiger partial charge in [0.1, 0.15) is 12.1 Å². The van der Waals surface area contributed by atoms with Gasteiger partial charge < -0.3 is 0 Å². The molecule has 12 heteroatoms. The summed E-state index contributed by atoms with van der Waals surface area (Å²) in [5.41, 5.74) is 9.27. The number of anilines is 2. The van der Waals surface area contributed by atoms with E-state index in [-0.39, 0.29) is 17.2 Å². The summed E-state index contributed by atoms with van der Waals surface area (Å²) >= 11 is 0. The second-order valence-electron chi connectivity index (χ2n) is 6.87. The Bertz CT molecular complexity index is 1390. The number of carbonyl (C=O) groups excluding carboxylic acids is 2. The topological polar surface area (TPSA) is 151 Å². The van der Waals surface area contributed by atoms with Gasteiger partial charge in [0.2, 0.25) is 11.6 Å². The zero-order valence-corrected chi connectivity index (χ0v) is 17.3. The van der Waals surface area contributed by atoms with E-state index in [4.69, 9.17) is 0 Å². The van der Waals surface area contributed by atoms with E-state index in [0.717, 1.165) is 23.8 Å². The summed E-state index contributed by atoms with van der Waals surface area (Å²) in [5, 5.41) is 13.2. The number of amides is 2. The van der Waals surface area contributed by atoms with E-state index >= 15 is 0 Å². The summed E-state index contributed by atoms with van der Waals surface area (Å²) < 4.78 is 13.0. The first-order valence-electron chi connectivity index (χ1n) is 9.79. The molecule has 0 saturated heterocycles. The van der Waals surface area contributed by atoms with E-state index in [2.05, 4.69) is 31.7 Å². The predicted molar refractivity (Wildman–Crippen MR) is 121 cm³/mol. The van der Waals surface area contributed by atoms with E-state index in [1.165, 1.54) is 12.1 Å². The number of hydrazine groups is 2. The molecule has 11 nitrogen and oxygen atoms in total. The minimum atomic E-state index is -0.779. The molecule has 1 heterocycles. The Balaban J connectivity index is 1.50. The highest BCUT2D eigenvalue weighted by Crippen LogP contribution is 2.28. The molecule has 4 rings (SSSR count). The van der Waals surface area contributed by atoms with Crippen molar-refractivity contribution in [1.29, 1.82) is 0 Å². The summed E-state index contributed by atoms with van der Waals surface area (Å²) in [4.78, 5) is 43.4. The van der Waals surface area contributed by atoms with E-state index in [0.29, 0.717) is 10.9 Å². The lowest BCUT2D eigenvalue weighted by Crippen LogP contribution is -2.32. The number of hydrogen-bond acceptors (Lipinski definition) is 8. The zero-order chi connectivity index (χ0) is 24.1.